The topological polar surface area (TPSA) is 76.1 Å². The van der Waals surface area contributed by atoms with Gasteiger partial charge in [0.1, 0.15) is 17.9 Å². The van der Waals surface area contributed by atoms with Crippen molar-refractivity contribution in [3.63, 3.8) is 0 Å². The fourth-order valence-corrected chi connectivity index (χ4v) is 1.63. The van der Waals surface area contributed by atoms with Crippen LogP contribution in [0.2, 0.25) is 0 Å². The summed E-state index contributed by atoms with van der Waals surface area (Å²) in [6, 6.07) is 1.74. The Balaban J connectivity index is 2.17. The fraction of sp³-hybridized carbons (Fsp3) is 0.400. The van der Waals surface area contributed by atoms with Crippen molar-refractivity contribution in [1.29, 1.82) is 10.8 Å². The van der Waals surface area contributed by atoms with E-state index in [0.717, 1.165) is 6.54 Å². The Morgan fingerprint density at radius 2 is 2.47 bits per heavy atom. The molecule has 1 unspecified atom stereocenters. The molecule has 1 fully saturated rings. The molecule has 5 nitrogen and oxygen atoms in total. The molecule has 1 aliphatic rings. The van der Waals surface area contributed by atoms with E-state index in [1.807, 2.05) is 6.92 Å². The van der Waals surface area contributed by atoms with E-state index in [9.17, 15) is 0 Å². The monoisotopic (exact) mass is 206 g/mol. The van der Waals surface area contributed by atoms with Gasteiger partial charge in [-0.05, 0) is 13.0 Å². The van der Waals surface area contributed by atoms with E-state index in [-0.39, 0.29) is 6.04 Å². The molecular formula is C10H14N4O. The number of nitrogens with one attached hydrogen (secondary N) is 3. The first-order valence-electron chi connectivity index (χ1n) is 4.90. The zero-order valence-electron chi connectivity index (χ0n) is 8.58. The van der Waals surface area contributed by atoms with Crippen molar-refractivity contribution in [2.75, 3.05) is 13.1 Å². The number of furan rings is 1. The first-order chi connectivity index (χ1) is 7.20. The van der Waals surface area contributed by atoms with Gasteiger partial charge in [0, 0.05) is 13.1 Å². The molecule has 5 heteroatoms. The standard InChI is InChI=1S/C10H14N4O/c1-7-9(11)14(4-3-13-7)10(12)8-2-5-15-6-8/h2,5-7,11-13H,3-4H2,1H3. The molecule has 0 aromatic carbocycles. The van der Waals surface area contributed by atoms with Gasteiger partial charge in [0.25, 0.3) is 0 Å². The molecule has 1 atom stereocenters. The van der Waals surface area contributed by atoms with Crippen LogP contribution in [0.3, 0.4) is 0 Å². The van der Waals surface area contributed by atoms with Crippen LogP contribution in [0.1, 0.15) is 12.5 Å². The summed E-state index contributed by atoms with van der Waals surface area (Å²) >= 11 is 0. The quantitative estimate of drug-likeness (QED) is 0.471. The fourth-order valence-electron chi connectivity index (χ4n) is 1.63. The number of piperazine rings is 1. The summed E-state index contributed by atoms with van der Waals surface area (Å²) in [4.78, 5) is 1.70. The van der Waals surface area contributed by atoms with Crippen molar-refractivity contribution in [1.82, 2.24) is 10.2 Å². The molecule has 2 heterocycles. The van der Waals surface area contributed by atoms with Gasteiger partial charge in [-0.25, -0.2) is 0 Å². The summed E-state index contributed by atoms with van der Waals surface area (Å²) in [6.07, 6.45) is 3.07. The second-order valence-corrected chi connectivity index (χ2v) is 3.57. The van der Waals surface area contributed by atoms with E-state index in [4.69, 9.17) is 15.2 Å². The molecule has 2 rings (SSSR count). The van der Waals surface area contributed by atoms with Crippen molar-refractivity contribution in [2.24, 2.45) is 0 Å². The van der Waals surface area contributed by atoms with E-state index in [1.165, 1.54) is 6.26 Å². The van der Waals surface area contributed by atoms with Gasteiger partial charge in [-0.2, -0.15) is 0 Å². The first-order valence-corrected chi connectivity index (χ1v) is 4.90. The van der Waals surface area contributed by atoms with Crippen LogP contribution in [-0.2, 0) is 0 Å². The summed E-state index contributed by atoms with van der Waals surface area (Å²) in [5.74, 6) is 0.773. The van der Waals surface area contributed by atoms with Gasteiger partial charge in [0.05, 0.1) is 17.9 Å². The summed E-state index contributed by atoms with van der Waals surface area (Å²) in [6.45, 7) is 3.38. The van der Waals surface area contributed by atoms with Gasteiger partial charge >= 0.3 is 0 Å². The Hall–Kier alpha value is -1.62. The van der Waals surface area contributed by atoms with Crippen LogP contribution >= 0.6 is 0 Å². The van der Waals surface area contributed by atoms with E-state index in [1.54, 1.807) is 17.2 Å². The second kappa shape index (κ2) is 3.86. The second-order valence-electron chi connectivity index (χ2n) is 3.57. The lowest BCUT2D eigenvalue weighted by Gasteiger charge is -2.33. The summed E-state index contributed by atoms with van der Waals surface area (Å²) in [7, 11) is 0. The Morgan fingerprint density at radius 1 is 1.67 bits per heavy atom. The number of nitrogens with zero attached hydrogens (tertiary/aromatic N) is 1. The highest BCUT2D eigenvalue weighted by Gasteiger charge is 2.25. The molecule has 0 radical (unpaired) electrons. The van der Waals surface area contributed by atoms with Crippen LogP contribution in [0.4, 0.5) is 0 Å². The molecule has 0 saturated carbocycles. The molecule has 3 N–H and O–H groups in total. The molecular weight excluding hydrogens is 192 g/mol. The maximum absolute atomic E-state index is 7.96. The number of rotatable bonds is 1. The summed E-state index contributed by atoms with van der Waals surface area (Å²) < 4.78 is 4.93. The molecule has 0 aliphatic carbocycles. The van der Waals surface area contributed by atoms with E-state index < -0.39 is 0 Å². The molecule has 1 saturated heterocycles. The van der Waals surface area contributed by atoms with Gasteiger partial charge in [0.2, 0.25) is 0 Å². The Kier molecular flexibility index (Phi) is 2.55. The van der Waals surface area contributed by atoms with Crippen LogP contribution in [0, 0.1) is 10.8 Å². The van der Waals surface area contributed by atoms with Crippen LogP contribution in [0.5, 0.6) is 0 Å². The average Bonchev–Trinajstić information content (AvgIpc) is 2.74. The van der Waals surface area contributed by atoms with Crippen LogP contribution < -0.4 is 5.32 Å². The van der Waals surface area contributed by atoms with Crippen LogP contribution in [0.15, 0.2) is 23.0 Å². The molecule has 15 heavy (non-hydrogen) atoms. The SMILES string of the molecule is CC1NCCN(C(=N)c2ccoc2)C1=N. The number of amidine groups is 2. The Bertz CT molecular complexity index is 371. The highest BCUT2D eigenvalue weighted by Crippen LogP contribution is 2.09. The van der Waals surface area contributed by atoms with Gasteiger partial charge in [0.15, 0.2) is 0 Å². The first kappa shape index (κ1) is 9.92. The average molecular weight is 206 g/mol. The summed E-state index contributed by atoms with van der Waals surface area (Å²) in [5, 5.41) is 19.0. The maximum atomic E-state index is 7.96. The molecule has 1 aromatic heterocycles. The zero-order valence-corrected chi connectivity index (χ0v) is 8.58. The lowest BCUT2D eigenvalue weighted by atomic mass is 10.2. The molecule has 0 spiro atoms. The molecule has 1 aliphatic heterocycles. The minimum absolute atomic E-state index is 0.00556. The van der Waals surface area contributed by atoms with Gasteiger partial charge in [-0.15, -0.1) is 0 Å². The minimum Gasteiger partial charge on any atom is -0.472 e. The molecule has 0 bridgehead atoms. The van der Waals surface area contributed by atoms with Crippen LogP contribution in [-0.4, -0.2) is 35.7 Å². The van der Waals surface area contributed by atoms with Crippen molar-refractivity contribution in [2.45, 2.75) is 13.0 Å². The normalized spacial score (nSPS) is 21.8. The molecule has 0 amide bonds. The third-order valence-corrected chi connectivity index (χ3v) is 2.55. The van der Waals surface area contributed by atoms with Crippen LogP contribution in [0.25, 0.3) is 0 Å². The van der Waals surface area contributed by atoms with Crippen molar-refractivity contribution in [3.05, 3.63) is 24.2 Å². The van der Waals surface area contributed by atoms with E-state index >= 15 is 0 Å². The van der Waals surface area contributed by atoms with Gasteiger partial charge in [-0.1, -0.05) is 0 Å². The lowest BCUT2D eigenvalue weighted by molar-refractivity contribution is 0.463. The third-order valence-electron chi connectivity index (χ3n) is 2.55. The van der Waals surface area contributed by atoms with Crippen molar-refractivity contribution < 1.29 is 4.42 Å². The predicted molar refractivity (Wildman–Crippen MR) is 57.4 cm³/mol. The van der Waals surface area contributed by atoms with Crippen molar-refractivity contribution in [3.8, 4) is 0 Å². The molecule has 80 valence electrons. The van der Waals surface area contributed by atoms with Gasteiger partial charge in [-0.3, -0.25) is 10.8 Å². The highest BCUT2D eigenvalue weighted by molar-refractivity contribution is 6.08. The zero-order chi connectivity index (χ0) is 10.8. The Labute approximate surface area is 88.1 Å². The van der Waals surface area contributed by atoms with E-state index in [0.29, 0.717) is 23.8 Å². The molecule has 1 aromatic rings. The lowest BCUT2D eigenvalue weighted by Crippen LogP contribution is -2.55. The number of hydrogen-bond acceptors (Lipinski definition) is 4. The largest absolute Gasteiger partial charge is 0.472 e. The van der Waals surface area contributed by atoms with E-state index in [2.05, 4.69) is 5.32 Å². The Morgan fingerprint density at radius 3 is 3.13 bits per heavy atom. The minimum atomic E-state index is 0.00556. The predicted octanol–water partition coefficient (Wildman–Crippen LogP) is 0.876. The van der Waals surface area contributed by atoms with Gasteiger partial charge < -0.3 is 14.6 Å². The number of hydrogen-bond donors (Lipinski definition) is 3. The summed E-state index contributed by atoms with van der Waals surface area (Å²) in [5.41, 5.74) is 0.717. The third kappa shape index (κ3) is 1.78. The van der Waals surface area contributed by atoms with Crippen molar-refractivity contribution >= 4 is 11.7 Å². The smallest absolute Gasteiger partial charge is 0.136 e. The maximum Gasteiger partial charge on any atom is 0.136 e. The highest BCUT2D eigenvalue weighted by atomic mass is 16.3.